The molecule has 122 valence electrons. The molecule has 1 aliphatic rings. The molecule has 1 aliphatic heterocycles. The minimum absolute atomic E-state index is 0.0613. The zero-order chi connectivity index (χ0) is 16.5. The van der Waals surface area contributed by atoms with Crippen LogP contribution in [-0.4, -0.2) is 21.4 Å². The molecular formula is C19H18BrN3O. The number of para-hydroxylation sites is 1. The van der Waals surface area contributed by atoms with Gasteiger partial charge in [0.2, 0.25) is 0 Å². The maximum Gasteiger partial charge on any atom is 0.258 e. The molecule has 0 saturated carbocycles. The van der Waals surface area contributed by atoms with Crippen molar-refractivity contribution in [1.82, 2.24) is 14.9 Å². The number of hydrogen-bond donors (Lipinski definition) is 1. The Bertz CT molecular complexity index is 937. The molecule has 0 bridgehead atoms. The first-order valence-corrected chi connectivity index (χ1v) is 8.97. The summed E-state index contributed by atoms with van der Waals surface area (Å²) in [5, 5.41) is 0.645. The van der Waals surface area contributed by atoms with Gasteiger partial charge in [-0.1, -0.05) is 40.2 Å². The van der Waals surface area contributed by atoms with Crippen molar-refractivity contribution < 1.29 is 0 Å². The third kappa shape index (κ3) is 3.01. The first kappa shape index (κ1) is 15.5. The number of benzene rings is 2. The molecule has 24 heavy (non-hydrogen) atoms. The summed E-state index contributed by atoms with van der Waals surface area (Å²) in [5.74, 6) is 0.737. The molecule has 0 amide bonds. The van der Waals surface area contributed by atoms with Crippen LogP contribution in [0, 0.1) is 0 Å². The lowest BCUT2D eigenvalue weighted by molar-refractivity contribution is 0.242. The van der Waals surface area contributed by atoms with E-state index in [0.717, 1.165) is 35.2 Å². The van der Waals surface area contributed by atoms with E-state index < -0.39 is 0 Å². The van der Waals surface area contributed by atoms with Gasteiger partial charge < -0.3 is 4.98 Å². The van der Waals surface area contributed by atoms with Crippen molar-refractivity contribution in [3.8, 4) is 0 Å². The van der Waals surface area contributed by atoms with Crippen LogP contribution in [0.15, 0.2) is 57.8 Å². The highest BCUT2D eigenvalue weighted by atomic mass is 79.9. The number of nitrogens with zero attached hydrogens (tertiary/aromatic N) is 2. The second kappa shape index (κ2) is 6.49. The van der Waals surface area contributed by atoms with Crippen molar-refractivity contribution in [3.05, 3.63) is 74.7 Å². The molecule has 1 aromatic heterocycles. The molecule has 0 spiro atoms. The summed E-state index contributed by atoms with van der Waals surface area (Å²) in [6.45, 7) is 1.69. The van der Waals surface area contributed by atoms with Gasteiger partial charge in [-0.15, -0.1) is 0 Å². The largest absolute Gasteiger partial charge is 0.309 e. The Balaban J connectivity index is 1.63. The van der Waals surface area contributed by atoms with Gasteiger partial charge in [0.05, 0.1) is 17.4 Å². The van der Waals surface area contributed by atoms with Gasteiger partial charge in [-0.3, -0.25) is 9.69 Å². The molecule has 4 nitrogen and oxygen atoms in total. The number of aromatic amines is 1. The Hall–Kier alpha value is -1.98. The van der Waals surface area contributed by atoms with Crippen LogP contribution in [-0.2, 0) is 6.54 Å². The Morgan fingerprint density at radius 2 is 2.08 bits per heavy atom. The number of aromatic nitrogens is 2. The number of rotatable bonds is 3. The summed E-state index contributed by atoms with van der Waals surface area (Å²) in [4.78, 5) is 22.2. The minimum Gasteiger partial charge on any atom is -0.309 e. The first-order valence-electron chi connectivity index (χ1n) is 8.18. The Kier molecular flexibility index (Phi) is 4.21. The predicted octanol–water partition coefficient (Wildman–Crippen LogP) is 4.02. The number of H-pyrrole nitrogens is 1. The second-order valence-electron chi connectivity index (χ2n) is 6.21. The highest BCUT2D eigenvalue weighted by molar-refractivity contribution is 9.10. The lowest BCUT2D eigenvalue weighted by Crippen LogP contribution is -2.25. The third-order valence-corrected chi connectivity index (χ3v) is 5.11. The summed E-state index contributed by atoms with van der Waals surface area (Å²) in [6, 6.07) is 16.3. The molecule has 4 rings (SSSR count). The lowest BCUT2D eigenvalue weighted by atomic mass is 10.0. The zero-order valence-corrected chi connectivity index (χ0v) is 14.8. The first-order chi connectivity index (χ1) is 11.7. The van der Waals surface area contributed by atoms with Crippen molar-refractivity contribution >= 4 is 26.8 Å². The Labute approximate surface area is 148 Å². The van der Waals surface area contributed by atoms with Crippen LogP contribution in [0.4, 0.5) is 0 Å². The average molecular weight is 384 g/mol. The van der Waals surface area contributed by atoms with Crippen molar-refractivity contribution in [2.45, 2.75) is 25.4 Å². The number of halogens is 1. The van der Waals surface area contributed by atoms with E-state index in [0.29, 0.717) is 18.0 Å². The van der Waals surface area contributed by atoms with Crippen LogP contribution in [0.5, 0.6) is 0 Å². The van der Waals surface area contributed by atoms with Gasteiger partial charge in [0.1, 0.15) is 5.82 Å². The molecule has 2 heterocycles. The van der Waals surface area contributed by atoms with Crippen LogP contribution in [0.1, 0.15) is 30.3 Å². The van der Waals surface area contributed by atoms with Gasteiger partial charge in [-0.05, 0) is 49.2 Å². The van der Waals surface area contributed by atoms with Crippen LogP contribution >= 0.6 is 15.9 Å². The fraction of sp³-hybridized carbons (Fsp3) is 0.263. The number of nitrogens with one attached hydrogen (secondary N) is 1. The number of fused-ring (bicyclic) bond motifs is 1. The second-order valence-corrected chi connectivity index (χ2v) is 7.13. The molecule has 0 aliphatic carbocycles. The van der Waals surface area contributed by atoms with Crippen LogP contribution in [0.2, 0.25) is 0 Å². The smallest absolute Gasteiger partial charge is 0.258 e. The van der Waals surface area contributed by atoms with E-state index in [2.05, 4.69) is 49.0 Å². The van der Waals surface area contributed by atoms with E-state index >= 15 is 0 Å². The predicted molar refractivity (Wildman–Crippen MR) is 98.9 cm³/mol. The molecule has 1 saturated heterocycles. The lowest BCUT2D eigenvalue weighted by Gasteiger charge is -2.24. The van der Waals surface area contributed by atoms with E-state index in [1.807, 2.05) is 30.3 Å². The summed E-state index contributed by atoms with van der Waals surface area (Å²) < 4.78 is 1.10. The van der Waals surface area contributed by atoms with E-state index in [9.17, 15) is 4.79 Å². The Morgan fingerprint density at radius 3 is 2.96 bits per heavy atom. The fourth-order valence-electron chi connectivity index (χ4n) is 3.51. The summed E-state index contributed by atoms with van der Waals surface area (Å²) in [5.41, 5.74) is 2.01. The van der Waals surface area contributed by atoms with E-state index in [-0.39, 0.29) is 5.56 Å². The highest BCUT2D eigenvalue weighted by Gasteiger charge is 2.26. The minimum atomic E-state index is -0.0613. The summed E-state index contributed by atoms with van der Waals surface area (Å²) in [7, 11) is 0. The molecule has 2 aromatic carbocycles. The van der Waals surface area contributed by atoms with E-state index in [1.165, 1.54) is 5.56 Å². The molecule has 1 unspecified atom stereocenters. The maximum absolute atomic E-state index is 12.2. The average Bonchev–Trinajstić information content (AvgIpc) is 3.03. The van der Waals surface area contributed by atoms with Crippen molar-refractivity contribution in [2.24, 2.45) is 0 Å². The van der Waals surface area contributed by atoms with Crippen molar-refractivity contribution in [3.63, 3.8) is 0 Å². The summed E-state index contributed by atoms with van der Waals surface area (Å²) >= 11 is 3.55. The zero-order valence-electron chi connectivity index (χ0n) is 13.2. The van der Waals surface area contributed by atoms with Crippen LogP contribution in [0.3, 0.4) is 0 Å². The Morgan fingerprint density at radius 1 is 1.21 bits per heavy atom. The monoisotopic (exact) mass is 383 g/mol. The van der Waals surface area contributed by atoms with Gasteiger partial charge in [0, 0.05) is 10.5 Å². The van der Waals surface area contributed by atoms with E-state index in [1.54, 1.807) is 0 Å². The SMILES string of the molecule is O=c1[nH]c(CN2CCCC2c2cccc(Br)c2)nc2ccccc12. The standard InChI is InChI=1S/C19H18BrN3O/c20-14-6-3-5-13(11-14)17-9-4-10-23(17)12-18-21-16-8-2-1-7-15(16)19(24)22-18/h1-3,5-8,11,17H,4,9-10,12H2,(H,21,22,24). The van der Waals surface area contributed by atoms with Gasteiger partial charge >= 0.3 is 0 Å². The topological polar surface area (TPSA) is 49.0 Å². The quantitative estimate of drug-likeness (QED) is 0.742. The van der Waals surface area contributed by atoms with Crippen molar-refractivity contribution in [2.75, 3.05) is 6.54 Å². The maximum atomic E-state index is 12.2. The molecule has 5 heteroatoms. The highest BCUT2D eigenvalue weighted by Crippen LogP contribution is 2.33. The molecule has 1 N–H and O–H groups in total. The van der Waals surface area contributed by atoms with Crippen LogP contribution < -0.4 is 5.56 Å². The van der Waals surface area contributed by atoms with Gasteiger partial charge in [-0.25, -0.2) is 4.98 Å². The van der Waals surface area contributed by atoms with Gasteiger partial charge in [0.25, 0.3) is 5.56 Å². The number of likely N-dealkylation sites (tertiary alicyclic amines) is 1. The van der Waals surface area contributed by atoms with Crippen LogP contribution in [0.25, 0.3) is 10.9 Å². The molecule has 1 fully saturated rings. The molecule has 1 atom stereocenters. The van der Waals surface area contributed by atoms with Gasteiger partial charge in [0.15, 0.2) is 0 Å². The molecule has 3 aromatic rings. The third-order valence-electron chi connectivity index (χ3n) is 4.61. The normalized spacial score (nSPS) is 18.3. The fourth-order valence-corrected chi connectivity index (χ4v) is 3.93. The molecular weight excluding hydrogens is 366 g/mol. The molecule has 0 radical (unpaired) electrons. The van der Waals surface area contributed by atoms with Gasteiger partial charge in [-0.2, -0.15) is 0 Å². The summed E-state index contributed by atoms with van der Waals surface area (Å²) in [6.07, 6.45) is 2.29. The van der Waals surface area contributed by atoms with Crippen molar-refractivity contribution in [1.29, 1.82) is 0 Å². The number of hydrogen-bond acceptors (Lipinski definition) is 3. The van der Waals surface area contributed by atoms with E-state index in [4.69, 9.17) is 0 Å².